The van der Waals surface area contributed by atoms with E-state index in [9.17, 15) is 18.8 Å². The number of carbonyl (C=O) groups excluding carboxylic acids is 3. The van der Waals surface area contributed by atoms with Crippen molar-refractivity contribution in [1.82, 2.24) is 4.90 Å². The Morgan fingerprint density at radius 2 is 1.55 bits per heavy atom. The molecule has 1 aromatic heterocycles. The molecule has 4 atom stereocenters. The fraction of sp³-hybridized carbons (Fsp3) is 0.219. The number of carbonyl (C=O) groups is 3. The maximum absolute atomic E-state index is 14.5. The van der Waals surface area contributed by atoms with Gasteiger partial charge in [0.05, 0.1) is 24.6 Å². The number of aryl methyl sites for hydroxylation is 2. The molecular formula is C32H29FN2O5. The standard InChI is InChI=1S/C32H29FN2O5/c1-18-17-25(19(2)40-18)30(36)27-26(20-11-15-24(39-3)16-12-20)29(31(34)37)35(28(27)21-7-5-4-6-8-21)32(38)22-9-13-23(33)14-10-22/h4-17,26-29H,1-3H3,(H2,34,37). The monoisotopic (exact) mass is 540 g/mol. The van der Waals surface area contributed by atoms with Gasteiger partial charge in [-0.05, 0) is 67.4 Å². The van der Waals surface area contributed by atoms with E-state index in [0.717, 1.165) is 0 Å². The number of hydrogen-bond donors (Lipinski definition) is 1. The molecule has 2 heterocycles. The van der Waals surface area contributed by atoms with Crippen LogP contribution in [0.3, 0.4) is 0 Å². The van der Waals surface area contributed by atoms with E-state index in [-0.39, 0.29) is 11.3 Å². The van der Waals surface area contributed by atoms with E-state index in [1.165, 1.54) is 29.2 Å². The van der Waals surface area contributed by atoms with E-state index in [1.807, 2.05) is 30.3 Å². The van der Waals surface area contributed by atoms with Crippen LogP contribution in [-0.2, 0) is 4.79 Å². The molecule has 8 heteroatoms. The molecule has 4 aromatic rings. The minimum Gasteiger partial charge on any atom is -0.497 e. The minimum atomic E-state index is -1.18. The van der Waals surface area contributed by atoms with Crippen molar-refractivity contribution in [2.45, 2.75) is 31.8 Å². The highest BCUT2D eigenvalue weighted by atomic mass is 19.1. The molecule has 1 aliphatic rings. The van der Waals surface area contributed by atoms with Crippen molar-refractivity contribution in [2.24, 2.45) is 11.7 Å². The SMILES string of the molecule is COc1ccc(C2C(C(=O)c3cc(C)oc3C)C(c3ccccc3)N(C(=O)c3ccc(F)cc3)C2C(N)=O)cc1. The van der Waals surface area contributed by atoms with Gasteiger partial charge in [0.2, 0.25) is 5.91 Å². The summed E-state index contributed by atoms with van der Waals surface area (Å²) in [6, 6.07) is 20.8. The van der Waals surface area contributed by atoms with Crippen LogP contribution in [0.5, 0.6) is 5.75 Å². The summed E-state index contributed by atoms with van der Waals surface area (Å²) in [4.78, 5) is 43.3. The zero-order valence-electron chi connectivity index (χ0n) is 22.3. The lowest BCUT2D eigenvalue weighted by atomic mass is 9.76. The average Bonchev–Trinajstić information content (AvgIpc) is 3.50. The highest BCUT2D eigenvalue weighted by Crippen LogP contribution is 2.52. The molecule has 5 rings (SSSR count). The number of rotatable bonds is 7. The second-order valence-corrected chi connectivity index (χ2v) is 9.94. The Labute approximate surface area is 231 Å². The summed E-state index contributed by atoms with van der Waals surface area (Å²) in [7, 11) is 1.54. The number of ketones is 1. The first-order valence-electron chi connectivity index (χ1n) is 12.9. The third-order valence-electron chi connectivity index (χ3n) is 7.53. The molecular weight excluding hydrogens is 511 g/mol. The Hall–Kier alpha value is -4.72. The second-order valence-electron chi connectivity index (χ2n) is 9.94. The van der Waals surface area contributed by atoms with E-state index >= 15 is 0 Å². The van der Waals surface area contributed by atoms with Crippen molar-refractivity contribution in [3.05, 3.63) is 125 Å². The molecule has 40 heavy (non-hydrogen) atoms. The summed E-state index contributed by atoms with van der Waals surface area (Å²) >= 11 is 0. The molecule has 0 aliphatic carbocycles. The van der Waals surface area contributed by atoms with Gasteiger partial charge in [0.15, 0.2) is 5.78 Å². The predicted octanol–water partition coefficient (Wildman–Crippen LogP) is 5.38. The van der Waals surface area contributed by atoms with E-state index in [1.54, 1.807) is 51.3 Å². The molecule has 0 spiro atoms. The summed E-state index contributed by atoms with van der Waals surface area (Å²) in [5.41, 5.74) is 7.90. The first kappa shape index (κ1) is 26.9. The maximum atomic E-state index is 14.5. The number of methoxy groups -OCH3 is 1. The Balaban J connectivity index is 1.77. The number of benzene rings is 3. The molecule has 2 N–H and O–H groups in total. The minimum absolute atomic E-state index is 0.172. The zero-order chi connectivity index (χ0) is 28.6. The largest absolute Gasteiger partial charge is 0.497 e. The van der Waals surface area contributed by atoms with Gasteiger partial charge in [-0.3, -0.25) is 14.4 Å². The summed E-state index contributed by atoms with van der Waals surface area (Å²) in [5, 5.41) is 0. The van der Waals surface area contributed by atoms with Gasteiger partial charge in [-0.15, -0.1) is 0 Å². The molecule has 4 unspecified atom stereocenters. The number of ether oxygens (including phenoxy) is 1. The third-order valence-corrected chi connectivity index (χ3v) is 7.53. The smallest absolute Gasteiger partial charge is 0.255 e. The van der Waals surface area contributed by atoms with Gasteiger partial charge >= 0.3 is 0 Å². The van der Waals surface area contributed by atoms with Crippen molar-refractivity contribution in [3.63, 3.8) is 0 Å². The lowest BCUT2D eigenvalue weighted by Crippen LogP contribution is -2.46. The van der Waals surface area contributed by atoms with Gasteiger partial charge < -0.3 is 19.8 Å². The van der Waals surface area contributed by atoms with E-state index < -0.39 is 41.6 Å². The van der Waals surface area contributed by atoms with Crippen LogP contribution < -0.4 is 10.5 Å². The average molecular weight is 541 g/mol. The predicted molar refractivity (Wildman–Crippen MR) is 146 cm³/mol. The normalized spacial score (nSPS) is 20.4. The summed E-state index contributed by atoms with van der Waals surface area (Å²) in [6.45, 7) is 3.47. The molecule has 0 bridgehead atoms. The lowest BCUT2D eigenvalue weighted by molar-refractivity contribution is -0.122. The topological polar surface area (TPSA) is 103 Å². The molecule has 3 aromatic carbocycles. The number of nitrogens with zero attached hydrogens (tertiary/aromatic N) is 1. The maximum Gasteiger partial charge on any atom is 0.255 e. The molecule has 0 saturated carbocycles. The molecule has 204 valence electrons. The van der Waals surface area contributed by atoms with Gasteiger partial charge in [-0.1, -0.05) is 42.5 Å². The first-order chi connectivity index (χ1) is 19.2. The van der Waals surface area contributed by atoms with Crippen LogP contribution in [0.4, 0.5) is 4.39 Å². The number of halogens is 1. The van der Waals surface area contributed by atoms with E-state index in [2.05, 4.69) is 0 Å². The highest BCUT2D eigenvalue weighted by molar-refractivity contribution is 6.04. The van der Waals surface area contributed by atoms with Gasteiger partial charge in [0.25, 0.3) is 5.91 Å². The van der Waals surface area contributed by atoms with Crippen LogP contribution in [0.1, 0.15) is 55.3 Å². The van der Waals surface area contributed by atoms with Gasteiger partial charge in [-0.25, -0.2) is 4.39 Å². The van der Waals surface area contributed by atoms with E-state index in [0.29, 0.717) is 34.0 Å². The van der Waals surface area contributed by atoms with Crippen LogP contribution in [-0.4, -0.2) is 35.6 Å². The summed E-state index contributed by atoms with van der Waals surface area (Å²) in [6.07, 6.45) is 0. The Kier molecular flexibility index (Phi) is 7.26. The molecule has 2 amide bonds. The van der Waals surface area contributed by atoms with E-state index in [4.69, 9.17) is 14.9 Å². The number of primary amides is 1. The molecule has 0 radical (unpaired) electrons. The Morgan fingerprint density at radius 1 is 0.900 bits per heavy atom. The quantitative estimate of drug-likeness (QED) is 0.317. The van der Waals surface area contributed by atoms with Crippen molar-refractivity contribution < 1.29 is 27.9 Å². The third kappa shape index (κ3) is 4.77. The molecule has 7 nitrogen and oxygen atoms in total. The van der Waals surface area contributed by atoms with Crippen molar-refractivity contribution >= 4 is 17.6 Å². The van der Waals surface area contributed by atoms with Crippen molar-refractivity contribution in [2.75, 3.05) is 7.11 Å². The molecule has 1 aliphatic heterocycles. The number of amides is 2. The number of furan rings is 1. The fourth-order valence-corrected chi connectivity index (χ4v) is 5.82. The second kappa shape index (κ2) is 10.8. The van der Waals surface area contributed by atoms with Crippen molar-refractivity contribution in [3.8, 4) is 5.75 Å². The summed E-state index contributed by atoms with van der Waals surface area (Å²) < 4.78 is 24.8. The molecule has 1 saturated heterocycles. The highest BCUT2D eigenvalue weighted by Gasteiger charge is 2.57. The van der Waals surface area contributed by atoms with Gasteiger partial charge in [0.1, 0.15) is 29.1 Å². The summed E-state index contributed by atoms with van der Waals surface area (Å²) in [5.74, 6) is -2.14. The zero-order valence-corrected chi connectivity index (χ0v) is 22.3. The Morgan fingerprint density at radius 3 is 2.10 bits per heavy atom. The lowest BCUT2D eigenvalue weighted by Gasteiger charge is -2.31. The van der Waals surface area contributed by atoms with Crippen LogP contribution in [0.25, 0.3) is 0 Å². The van der Waals surface area contributed by atoms with Gasteiger partial charge in [-0.2, -0.15) is 0 Å². The fourth-order valence-electron chi connectivity index (χ4n) is 5.82. The number of likely N-dealkylation sites (tertiary alicyclic amines) is 1. The van der Waals surface area contributed by atoms with Crippen molar-refractivity contribution in [1.29, 1.82) is 0 Å². The Bertz CT molecular complexity index is 1550. The first-order valence-corrected chi connectivity index (χ1v) is 12.9. The number of hydrogen-bond acceptors (Lipinski definition) is 5. The van der Waals surface area contributed by atoms with Crippen LogP contribution >= 0.6 is 0 Å². The van der Waals surface area contributed by atoms with Crippen LogP contribution in [0.15, 0.2) is 89.3 Å². The van der Waals surface area contributed by atoms with Crippen LogP contribution in [0, 0.1) is 25.6 Å². The van der Waals surface area contributed by atoms with Gasteiger partial charge in [0, 0.05) is 11.5 Å². The number of Topliss-reactive ketones (excluding diaryl/α,β-unsaturated/α-hetero) is 1. The number of nitrogens with two attached hydrogens (primary N) is 1. The van der Waals surface area contributed by atoms with Crippen LogP contribution in [0.2, 0.25) is 0 Å². The molecule has 1 fully saturated rings.